The van der Waals surface area contributed by atoms with Gasteiger partial charge in [-0.25, -0.2) is 8.42 Å². The molecule has 0 aliphatic rings. The fourth-order valence-corrected chi connectivity index (χ4v) is 2.87. The van der Waals surface area contributed by atoms with E-state index in [4.69, 9.17) is 16.3 Å². The zero-order valence-corrected chi connectivity index (χ0v) is 15.3. The molecular formula is C15H24ClN3O3S. The first-order valence-corrected chi connectivity index (χ1v) is 9.74. The van der Waals surface area contributed by atoms with Crippen molar-refractivity contribution in [2.45, 2.75) is 12.8 Å². The van der Waals surface area contributed by atoms with Crippen molar-refractivity contribution in [2.24, 2.45) is 4.99 Å². The number of hydrogen-bond donors (Lipinski definition) is 2. The number of benzene rings is 1. The minimum Gasteiger partial charge on any atom is -0.497 e. The zero-order chi connectivity index (χ0) is 17.3. The first-order chi connectivity index (χ1) is 10.9. The number of nitrogens with one attached hydrogen (secondary N) is 2. The molecule has 0 aromatic heterocycles. The van der Waals surface area contributed by atoms with Gasteiger partial charge in [-0.15, -0.1) is 0 Å². The molecule has 0 spiro atoms. The SMILES string of the molecule is CN=C(NCCCS(C)(=O)=O)NCCc1ccc(OC)cc1Cl. The molecule has 0 aliphatic carbocycles. The Labute approximate surface area is 143 Å². The average Bonchev–Trinajstić information content (AvgIpc) is 2.50. The van der Waals surface area contributed by atoms with E-state index in [2.05, 4.69) is 15.6 Å². The number of nitrogens with zero attached hydrogens (tertiary/aromatic N) is 1. The van der Waals surface area contributed by atoms with E-state index >= 15 is 0 Å². The van der Waals surface area contributed by atoms with Crippen molar-refractivity contribution in [2.75, 3.05) is 39.3 Å². The number of rotatable bonds is 8. The maximum absolute atomic E-state index is 11.1. The average molecular weight is 362 g/mol. The minimum atomic E-state index is -2.92. The summed E-state index contributed by atoms with van der Waals surface area (Å²) in [4.78, 5) is 4.10. The third-order valence-electron chi connectivity index (χ3n) is 3.15. The van der Waals surface area contributed by atoms with Crippen LogP contribution in [0.25, 0.3) is 0 Å². The van der Waals surface area contributed by atoms with Gasteiger partial charge in [0.15, 0.2) is 5.96 Å². The molecule has 1 aromatic carbocycles. The molecule has 0 radical (unpaired) electrons. The Balaban J connectivity index is 2.35. The van der Waals surface area contributed by atoms with Crippen LogP contribution in [0, 0.1) is 0 Å². The monoisotopic (exact) mass is 361 g/mol. The summed E-state index contributed by atoms with van der Waals surface area (Å²) in [6, 6.07) is 5.60. The fourth-order valence-electron chi connectivity index (χ4n) is 1.94. The van der Waals surface area contributed by atoms with Gasteiger partial charge in [0, 0.05) is 31.4 Å². The molecule has 0 saturated heterocycles. The Morgan fingerprint density at radius 3 is 2.57 bits per heavy atom. The van der Waals surface area contributed by atoms with Crippen LogP contribution in [0.3, 0.4) is 0 Å². The molecule has 0 fully saturated rings. The maximum atomic E-state index is 11.1. The van der Waals surface area contributed by atoms with Gasteiger partial charge in [-0.1, -0.05) is 17.7 Å². The Morgan fingerprint density at radius 2 is 2.00 bits per heavy atom. The number of halogens is 1. The maximum Gasteiger partial charge on any atom is 0.190 e. The van der Waals surface area contributed by atoms with E-state index in [1.807, 2.05) is 12.1 Å². The lowest BCUT2D eigenvalue weighted by Gasteiger charge is -2.12. The predicted molar refractivity (Wildman–Crippen MR) is 95.4 cm³/mol. The summed E-state index contributed by atoms with van der Waals surface area (Å²) in [5.41, 5.74) is 1.02. The van der Waals surface area contributed by atoms with Crippen LogP contribution in [0.2, 0.25) is 5.02 Å². The summed E-state index contributed by atoms with van der Waals surface area (Å²) in [5, 5.41) is 6.92. The van der Waals surface area contributed by atoms with E-state index in [0.29, 0.717) is 30.5 Å². The van der Waals surface area contributed by atoms with Gasteiger partial charge in [0.2, 0.25) is 0 Å². The first kappa shape index (κ1) is 19.6. The second kappa shape index (κ2) is 9.62. The van der Waals surface area contributed by atoms with Crippen LogP contribution in [-0.2, 0) is 16.3 Å². The molecule has 23 heavy (non-hydrogen) atoms. The quantitative estimate of drug-likeness (QED) is 0.416. The van der Waals surface area contributed by atoms with Crippen LogP contribution < -0.4 is 15.4 Å². The topological polar surface area (TPSA) is 79.8 Å². The van der Waals surface area contributed by atoms with Crippen molar-refractivity contribution in [1.82, 2.24) is 10.6 Å². The lowest BCUT2D eigenvalue weighted by molar-refractivity contribution is 0.414. The minimum absolute atomic E-state index is 0.165. The van der Waals surface area contributed by atoms with Crippen molar-refractivity contribution in [3.63, 3.8) is 0 Å². The fraction of sp³-hybridized carbons (Fsp3) is 0.533. The second-order valence-corrected chi connectivity index (χ2v) is 7.78. The van der Waals surface area contributed by atoms with Crippen LogP contribution in [0.4, 0.5) is 0 Å². The van der Waals surface area contributed by atoms with Gasteiger partial charge in [0.25, 0.3) is 0 Å². The summed E-state index contributed by atoms with van der Waals surface area (Å²) in [6.07, 6.45) is 2.52. The van der Waals surface area contributed by atoms with Gasteiger partial charge in [-0.05, 0) is 30.5 Å². The third kappa shape index (κ3) is 8.08. The van der Waals surface area contributed by atoms with E-state index < -0.39 is 9.84 Å². The molecular weight excluding hydrogens is 338 g/mol. The number of methoxy groups -OCH3 is 1. The highest BCUT2D eigenvalue weighted by Gasteiger charge is 2.04. The lowest BCUT2D eigenvalue weighted by Crippen LogP contribution is -2.39. The molecule has 0 amide bonds. The highest BCUT2D eigenvalue weighted by atomic mass is 35.5. The number of sulfone groups is 1. The van der Waals surface area contributed by atoms with Gasteiger partial charge in [-0.3, -0.25) is 4.99 Å². The van der Waals surface area contributed by atoms with Crippen LogP contribution in [0.15, 0.2) is 23.2 Å². The number of ether oxygens (including phenoxy) is 1. The Morgan fingerprint density at radius 1 is 1.30 bits per heavy atom. The normalized spacial score (nSPS) is 12.1. The highest BCUT2D eigenvalue weighted by molar-refractivity contribution is 7.90. The first-order valence-electron chi connectivity index (χ1n) is 7.30. The number of hydrogen-bond acceptors (Lipinski definition) is 4. The summed E-state index contributed by atoms with van der Waals surface area (Å²) in [6.45, 7) is 1.22. The van der Waals surface area contributed by atoms with Gasteiger partial charge < -0.3 is 15.4 Å². The van der Waals surface area contributed by atoms with E-state index in [0.717, 1.165) is 17.7 Å². The van der Waals surface area contributed by atoms with Crippen molar-refractivity contribution in [3.8, 4) is 5.75 Å². The summed E-state index contributed by atoms with van der Waals surface area (Å²) in [5.74, 6) is 1.54. The van der Waals surface area contributed by atoms with Gasteiger partial charge in [0.05, 0.1) is 12.9 Å². The van der Waals surface area contributed by atoms with E-state index in [-0.39, 0.29) is 5.75 Å². The van der Waals surface area contributed by atoms with Gasteiger partial charge in [-0.2, -0.15) is 0 Å². The smallest absolute Gasteiger partial charge is 0.190 e. The van der Waals surface area contributed by atoms with Crippen molar-refractivity contribution >= 4 is 27.4 Å². The molecule has 2 N–H and O–H groups in total. The number of guanidine groups is 1. The predicted octanol–water partition coefficient (Wildman–Crippen LogP) is 1.49. The standard InChI is InChI=1S/C15H24ClN3O3S/c1-17-15(18-8-4-10-23(3,20)21)19-9-7-12-5-6-13(22-2)11-14(12)16/h5-6,11H,4,7-10H2,1-3H3,(H2,17,18,19). The molecule has 6 nitrogen and oxygen atoms in total. The van der Waals surface area contributed by atoms with E-state index in [9.17, 15) is 8.42 Å². The molecule has 0 saturated carbocycles. The highest BCUT2D eigenvalue weighted by Crippen LogP contribution is 2.22. The van der Waals surface area contributed by atoms with Gasteiger partial charge >= 0.3 is 0 Å². The molecule has 0 atom stereocenters. The summed E-state index contributed by atoms with van der Waals surface area (Å²) in [7, 11) is 0.359. The van der Waals surface area contributed by atoms with Gasteiger partial charge in [0.1, 0.15) is 15.6 Å². The third-order valence-corrected chi connectivity index (χ3v) is 4.54. The molecule has 8 heteroatoms. The van der Waals surface area contributed by atoms with Crippen LogP contribution in [0.1, 0.15) is 12.0 Å². The van der Waals surface area contributed by atoms with Crippen molar-refractivity contribution in [3.05, 3.63) is 28.8 Å². The lowest BCUT2D eigenvalue weighted by atomic mass is 10.1. The summed E-state index contributed by atoms with van der Waals surface area (Å²) >= 11 is 6.19. The number of aliphatic imine (C=N–C) groups is 1. The Kier molecular flexibility index (Phi) is 8.19. The van der Waals surface area contributed by atoms with E-state index in [1.54, 1.807) is 20.2 Å². The summed E-state index contributed by atoms with van der Waals surface area (Å²) < 4.78 is 27.2. The van der Waals surface area contributed by atoms with Crippen LogP contribution in [0.5, 0.6) is 5.75 Å². The zero-order valence-electron chi connectivity index (χ0n) is 13.7. The Hall–Kier alpha value is -1.47. The molecule has 0 heterocycles. The molecule has 1 rings (SSSR count). The van der Waals surface area contributed by atoms with Crippen LogP contribution >= 0.6 is 11.6 Å². The Bertz CT molecular complexity index is 633. The van der Waals surface area contributed by atoms with E-state index in [1.165, 1.54) is 6.26 Å². The van der Waals surface area contributed by atoms with Crippen molar-refractivity contribution in [1.29, 1.82) is 0 Å². The second-order valence-electron chi connectivity index (χ2n) is 5.12. The van der Waals surface area contributed by atoms with Crippen LogP contribution in [-0.4, -0.2) is 53.6 Å². The molecule has 1 aromatic rings. The van der Waals surface area contributed by atoms with Crippen molar-refractivity contribution < 1.29 is 13.2 Å². The molecule has 130 valence electrons. The molecule has 0 bridgehead atoms. The molecule has 0 unspecified atom stereocenters. The largest absolute Gasteiger partial charge is 0.497 e. The molecule has 0 aliphatic heterocycles.